The summed E-state index contributed by atoms with van der Waals surface area (Å²) >= 11 is 0. The zero-order valence-electron chi connectivity index (χ0n) is 11.9. The number of carbonyl (C=O) groups is 2. The van der Waals surface area contributed by atoms with Crippen LogP contribution in [0.2, 0.25) is 0 Å². The van der Waals surface area contributed by atoms with Crippen LogP contribution in [0.1, 0.15) is 32.6 Å². The van der Waals surface area contributed by atoms with Crippen LogP contribution < -0.4 is 20.7 Å². The minimum atomic E-state index is -0.528. The number of ether oxygens (including phenoxy) is 1. The Hall–Kier alpha value is -2.24. The molecule has 0 bridgehead atoms. The van der Waals surface area contributed by atoms with Gasteiger partial charge in [0, 0.05) is 6.04 Å². The summed E-state index contributed by atoms with van der Waals surface area (Å²) in [5, 5.41) is 8.51. The summed E-state index contributed by atoms with van der Waals surface area (Å²) in [6, 6.07) is 5.30. The molecular weight excluding hydrogens is 270 g/mol. The van der Waals surface area contributed by atoms with E-state index >= 15 is 0 Å². The van der Waals surface area contributed by atoms with Crippen molar-refractivity contribution in [3.8, 4) is 5.75 Å². The van der Waals surface area contributed by atoms with Crippen molar-refractivity contribution in [2.75, 3.05) is 10.6 Å². The van der Waals surface area contributed by atoms with Crippen LogP contribution in [0.25, 0.3) is 0 Å². The number of hydrogen-bond acceptors (Lipinski definition) is 3. The number of benzene rings is 1. The Balaban J connectivity index is 1.72. The number of para-hydroxylation sites is 1. The molecule has 6 nitrogen and oxygen atoms in total. The van der Waals surface area contributed by atoms with Crippen molar-refractivity contribution in [1.82, 2.24) is 5.32 Å². The molecule has 1 aromatic rings. The first-order chi connectivity index (χ1) is 10.1. The molecule has 21 heavy (non-hydrogen) atoms. The summed E-state index contributed by atoms with van der Waals surface area (Å²) in [5.74, 6) is 0.355. The van der Waals surface area contributed by atoms with E-state index in [0.29, 0.717) is 17.1 Å². The predicted octanol–water partition coefficient (Wildman–Crippen LogP) is 2.47. The number of amides is 3. The Kier molecular flexibility index (Phi) is 3.68. The van der Waals surface area contributed by atoms with Gasteiger partial charge in [-0.3, -0.25) is 4.79 Å². The second kappa shape index (κ2) is 5.63. The average molecular weight is 289 g/mol. The molecule has 1 saturated carbocycles. The molecule has 3 amide bonds. The lowest BCUT2D eigenvalue weighted by molar-refractivity contribution is -0.122. The van der Waals surface area contributed by atoms with E-state index in [-0.39, 0.29) is 18.0 Å². The zero-order valence-corrected chi connectivity index (χ0v) is 11.9. The minimum absolute atomic E-state index is 0.215. The van der Waals surface area contributed by atoms with Crippen LogP contribution in [0.5, 0.6) is 5.75 Å². The predicted molar refractivity (Wildman–Crippen MR) is 79.6 cm³/mol. The number of nitrogens with one attached hydrogen (secondary N) is 3. The molecule has 1 aromatic carbocycles. The van der Waals surface area contributed by atoms with Crippen molar-refractivity contribution in [1.29, 1.82) is 0 Å². The van der Waals surface area contributed by atoms with E-state index in [1.165, 1.54) is 0 Å². The summed E-state index contributed by atoms with van der Waals surface area (Å²) in [4.78, 5) is 23.7. The van der Waals surface area contributed by atoms with Crippen LogP contribution in [0.4, 0.5) is 16.2 Å². The lowest BCUT2D eigenvalue weighted by atomic mass is 10.2. The highest BCUT2D eigenvalue weighted by Crippen LogP contribution is 2.36. The number of anilines is 2. The highest BCUT2D eigenvalue weighted by molar-refractivity contribution is 6.04. The third-order valence-electron chi connectivity index (χ3n) is 3.89. The van der Waals surface area contributed by atoms with Crippen molar-refractivity contribution in [3.05, 3.63) is 18.2 Å². The maximum absolute atomic E-state index is 12.0. The fourth-order valence-electron chi connectivity index (χ4n) is 2.75. The molecular formula is C15H19N3O3. The number of carbonyl (C=O) groups excluding carboxylic acids is 2. The van der Waals surface area contributed by atoms with Crippen LogP contribution in [-0.4, -0.2) is 24.1 Å². The Bertz CT molecular complexity index is 567. The van der Waals surface area contributed by atoms with Crippen molar-refractivity contribution >= 4 is 23.3 Å². The Morgan fingerprint density at radius 3 is 2.86 bits per heavy atom. The van der Waals surface area contributed by atoms with Gasteiger partial charge in [0.25, 0.3) is 5.91 Å². The number of rotatable bonds is 2. The van der Waals surface area contributed by atoms with Gasteiger partial charge in [-0.25, -0.2) is 4.79 Å². The summed E-state index contributed by atoms with van der Waals surface area (Å²) < 4.78 is 5.52. The van der Waals surface area contributed by atoms with Gasteiger partial charge in [0.2, 0.25) is 0 Å². The van der Waals surface area contributed by atoms with E-state index in [2.05, 4.69) is 16.0 Å². The van der Waals surface area contributed by atoms with Gasteiger partial charge in [0.05, 0.1) is 5.69 Å². The zero-order chi connectivity index (χ0) is 14.8. The van der Waals surface area contributed by atoms with Gasteiger partial charge < -0.3 is 20.7 Å². The third-order valence-corrected chi connectivity index (χ3v) is 3.89. The van der Waals surface area contributed by atoms with Gasteiger partial charge in [-0.15, -0.1) is 0 Å². The van der Waals surface area contributed by atoms with Crippen molar-refractivity contribution < 1.29 is 14.3 Å². The van der Waals surface area contributed by atoms with E-state index in [4.69, 9.17) is 4.74 Å². The molecule has 1 unspecified atom stereocenters. The van der Waals surface area contributed by atoms with E-state index in [9.17, 15) is 9.59 Å². The number of urea groups is 1. The number of fused-ring (bicyclic) bond motifs is 1. The summed E-state index contributed by atoms with van der Waals surface area (Å²) in [7, 11) is 0. The topological polar surface area (TPSA) is 79.5 Å². The maximum Gasteiger partial charge on any atom is 0.319 e. The van der Waals surface area contributed by atoms with Crippen LogP contribution in [0.15, 0.2) is 18.2 Å². The quantitative estimate of drug-likeness (QED) is 0.782. The molecule has 1 aliphatic carbocycles. The van der Waals surface area contributed by atoms with Gasteiger partial charge in [0.1, 0.15) is 11.4 Å². The molecule has 0 aromatic heterocycles. The molecule has 1 aliphatic heterocycles. The molecule has 2 aliphatic rings. The molecule has 3 N–H and O–H groups in total. The van der Waals surface area contributed by atoms with Crippen molar-refractivity contribution in [2.45, 2.75) is 44.8 Å². The molecule has 0 spiro atoms. The molecule has 112 valence electrons. The van der Waals surface area contributed by atoms with E-state index < -0.39 is 6.10 Å². The molecule has 0 radical (unpaired) electrons. The largest absolute Gasteiger partial charge is 0.479 e. The van der Waals surface area contributed by atoms with Crippen molar-refractivity contribution in [2.24, 2.45) is 0 Å². The van der Waals surface area contributed by atoms with Crippen molar-refractivity contribution in [3.63, 3.8) is 0 Å². The molecule has 0 saturated heterocycles. The highest BCUT2D eigenvalue weighted by Gasteiger charge is 2.26. The molecule has 1 fully saturated rings. The van der Waals surface area contributed by atoms with Gasteiger partial charge in [0.15, 0.2) is 6.10 Å². The Morgan fingerprint density at radius 1 is 1.33 bits per heavy atom. The van der Waals surface area contributed by atoms with Crippen LogP contribution in [0.3, 0.4) is 0 Å². The van der Waals surface area contributed by atoms with Crippen LogP contribution in [0, 0.1) is 0 Å². The summed E-state index contributed by atoms with van der Waals surface area (Å²) in [6.45, 7) is 1.69. The second-order valence-electron chi connectivity index (χ2n) is 5.51. The van der Waals surface area contributed by atoms with Crippen LogP contribution >= 0.6 is 0 Å². The van der Waals surface area contributed by atoms with Crippen LogP contribution in [-0.2, 0) is 4.79 Å². The monoisotopic (exact) mass is 289 g/mol. The number of hydrogen-bond donors (Lipinski definition) is 3. The first kappa shape index (κ1) is 13.7. The first-order valence-corrected chi connectivity index (χ1v) is 7.31. The Morgan fingerprint density at radius 2 is 2.10 bits per heavy atom. The fraction of sp³-hybridized carbons (Fsp3) is 0.467. The molecule has 1 atom stereocenters. The molecule has 6 heteroatoms. The van der Waals surface area contributed by atoms with Gasteiger partial charge in [-0.2, -0.15) is 0 Å². The van der Waals surface area contributed by atoms with E-state index in [0.717, 1.165) is 25.7 Å². The van der Waals surface area contributed by atoms with E-state index in [1.807, 2.05) is 0 Å². The molecule has 3 rings (SSSR count). The summed E-state index contributed by atoms with van der Waals surface area (Å²) in [5.41, 5.74) is 1.06. The molecule has 1 heterocycles. The maximum atomic E-state index is 12.0. The van der Waals surface area contributed by atoms with Gasteiger partial charge >= 0.3 is 6.03 Å². The lowest BCUT2D eigenvalue weighted by Gasteiger charge is -2.25. The standard InChI is InChI=1S/C15H19N3O3/c1-9-14(19)18-13-11(7-4-8-12(13)21-9)17-15(20)16-10-5-2-3-6-10/h4,7-10H,2-3,5-6H2,1H3,(H,18,19)(H2,16,17,20). The lowest BCUT2D eigenvalue weighted by Crippen LogP contribution is -2.37. The van der Waals surface area contributed by atoms with E-state index in [1.54, 1.807) is 25.1 Å². The first-order valence-electron chi connectivity index (χ1n) is 7.31. The normalized spacial score (nSPS) is 21.2. The minimum Gasteiger partial charge on any atom is -0.479 e. The highest BCUT2D eigenvalue weighted by atomic mass is 16.5. The van der Waals surface area contributed by atoms with Gasteiger partial charge in [-0.1, -0.05) is 18.9 Å². The van der Waals surface area contributed by atoms with Gasteiger partial charge in [-0.05, 0) is 31.9 Å². The second-order valence-corrected chi connectivity index (χ2v) is 5.51. The smallest absolute Gasteiger partial charge is 0.319 e. The Labute approximate surface area is 123 Å². The SMILES string of the molecule is CC1Oc2cccc(NC(=O)NC3CCCC3)c2NC1=O. The third kappa shape index (κ3) is 2.94. The summed E-state index contributed by atoms with van der Waals surface area (Å²) in [6.07, 6.45) is 3.84. The average Bonchev–Trinajstić information content (AvgIpc) is 2.94. The fourth-order valence-corrected chi connectivity index (χ4v) is 2.75.